The van der Waals surface area contributed by atoms with Crippen molar-refractivity contribution in [2.24, 2.45) is 5.92 Å². The van der Waals surface area contributed by atoms with Gasteiger partial charge in [-0.1, -0.05) is 32.1 Å². The number of thiophene rings is 1. The molecule has 0 spiro atoms. The highest BCUT2D eigenvalue weighted by molar-refractivity contribution is 7.19. The van der Waals surface area contributed by atoms with Crippen LogP contribution in [0.3, 0.4) is 0 Å². The van der Waals surface area contributed by atoms with Crippen LogP contribution in [0.1, 0.15) is 29.9 Å². The van der Waals surface area contributed by atoms with Gasteiger partial charge in [-0.3, -0.25) is 9.48 Å². The van der Waals surface area contributed by atoms with Crippen LogP contribution >= 0.6 is 11.3 Å². The van der Waals surface area contributed by atoms with Crippen molar-refractivity contribution in [3.63, 3.8) is 0 Å². The minimum Gasteiger partial charge on any atom is -0.340 e. The third kappa shape index (κ3) is 5.98. The fourth-order valence-electron chi connectivity index (χ4n) is 5.17. The Morgan fingerprint density at radius 3 is 2.95 bits per heavy atom. The number of amides is 1. The first-order valence-corrected chi connectivity index (χ1v) is 14.6. The SMILES string of the molecule is CC(C)CNC/C=C/C(=O)N1CCc2c(sc3ncnc(Nc4ccc5c(cnn5Cc5cccc(F)c5)c4)c23)C1. The van der Waals surface area contributed by atoms with E-state index in [0.29, 0.717) is 32.1 Å². The molecule has 0 saturated heterocycles. The molecule has 0 unspecified atom stereocenters. The second-order valence-electron chi connectivity index (χ2n) is 10.7. The predicted molar refractivity (Wildman–Crippen MR) is 162 cm³/mol. The smallest absolute Gasteiger partial charge is 0.246 e. The van der Waals surface area contributed by atoms with Crippen molar-refractivity contribution in [2.45, 2.75) is 33.4 Å². The minimum atomic E-state index is -0.251. The molecule has 0 atom stereocenters. The highest BCUT2D eigenvalue weighted by atomic mass is 32.1. The van der Waals surface area contributed by atoms with Crippen LogP contribution in [0.25, 0.3) is 21.1 Å². The summed E-state index contributed by atoms with van der Waals surface area (Å²) < 4.78 is 15.5. The molecule has 0 aliphatic carbocycles. The lowest BCUT2D eigenvalue weighted by atomic mass is 10.0. The number of carbonyl (C=O) groups excluding carboxylic acids is 1. The average molecular weight is 570 g/mol. The second kappa shape index (κ2) is 11.8. The summed E-state index contributed by atoms with van der Waals surface area (Å²) in [7, 11) is 0. The summed E-state index contributed by atoms with van der Waals surface area (Å²) in [4.78, 5) is 25.9. The van der Waals surface area contributed by atoms with Gasteiger partial charge in [0.05, 0.1) is 30.2 Å². The number of fused-ring (bicyclic) bond motifs is 4. The van der Waals surface area contributed by atoms with Crippen molar-refractivity contribution in [1.29, 1.82) is 0 Å². The average Bonchev–Trinajstić information content (AvgIpc) is 3.53. The molecule has 210 valence electrons. The molecule has 5 aromatic rings. The molecule has 6 rings (SSSR count). The molecule has 3 aromatic heterocycles. The predicted octanol–water partition coefficient (Wildman–Crippen LogP) is 5.66. The number of anilines is 2. The van der Waals surface area contributed by atoms with Crippen LogP contribution in [0.4, 0.5) is 15.9 Å². The van der Waals surface area contributed by atoms with Crippen molar-refractivity contribution < 1.29 is 9.18 Å². The van der Waals surface area contributed by atoms with Crippen LogP contribution in [-0.2, 0) is 24.3 Å². The number of halogens is 1. The molecule has 0 bridgehead atoms. The number of rotatable bonds is 9. The van der Waals surface area contributed by atoms with Crippen molar-refractivity contribution in [1.82, 2.24) is 30.0 Å². The molecule has 0 saturated carbocycles. The van der Waals surface area contributed by atoms with Gasteiger partial charge in [0.2, 0.25) is 5.91 Å². The van der Waals surface area contributed by atoms with Gasteiger partial charge in [0, 0.05) is 35.1 Å². The molecule has 0 fully saturated rings. The number of aromatic nitrogens is 4. The lowest BCUT2D eigenvalue weighted by molar-refractivity contribution is -0.126. The summed E-state index contributed by atoms with van der Waals surface area (Å²) in [5, 5.41) is 13.4. The van der Waals surface area contributed by atoms with E-state index >= 15 is 0 Å². The Morgan fingerprint density at radius 1 is 1.20 bits per heavy atom. The maximum absolute atomic E-state index is 13.6. The molecule has 1 aliphatic heterocycles. The monoisotopic (exact) mass is 569 g/mol. The van der Waals surface area contributed by atoms with E-state index in [1.54, 1.807) is 29.8 Å². The normalized spacial score (nSPS) is 13.5. The van der Waals surface area contributed by atoms with Gasteiger partial charge < -0.3 is 15.5 Å². The number of carbonyl (C=O) groups is 1. The Balaban J connectivity index is 1.18. The van der Waals surface area contributed by atoms with Crippen LogP contribution in [0, 0.1) is 11.7 Å². The van der Waals surface area contributed by atoms with E-state index in [2.05, 4.69) is 39.5 Å². The number of benzene rings is 2. The number of nitrogens with zero attached hydrogens (tertiary/aromatic N) is 5. The maximum Gasteiger partial charge on any atom is 0.246 e. The van der Waals surface area contributed by atoms with Crippen LogP contribution in [0.2, 0.25) is 0 Å². The molecule has 41 heavy (non-hydrogen) atoms. The fraction of sp³-hybridized carbons (Fsp3) is 0.290. The van der Waals surface area contributed by atoms with Crippen molar-refractivity contribution in [2.75, 3.05) is 25.0 Å². The van der Waals surface area contributed by atoms with Gasteiger partial charge in [0.25, 0.3) is 0 Å². The first kappa shape index (κ1) is 27.0. The first-order valence-electron chi connectivity index (χ1n) is 13.8. The third-order valence-electron chi connectivity index (χ3n) is 7.15. The summed E-state index contributed by atoms with van der Waals surface area (Å²) >= 11 is 1.63. The van der Waals surface area contributed by atoms with E-state index in [-0.39, 0.29) is 11.7 Å². The van der Waals surface area contributed by atoms with Gasteiger partial charge in [-0.25, -0.2) is 14.4 Å². The van der Waals surface area contributed by atoms with Crippen LogP contribution in [-0.4, -0.2) is 50.2 Å². The van der Waals surface area contributed by atoms with Gasteiger partial charge in [-0.2, -0.15) is 5.10 Å². The summed E-state index contributed by atoms with van der Waals surface area (Å²) in [6.45, 7) is 7.67. The van der Waals surface area contributed by atoms with Crippen LogP contribution < -0.4 is 10.6 Å². The van der Waals surface area contributed by atoms with Crippen molar-refractivity contribution in [3.05, 3.63) is 89.0 Å². The second-order valence-corrected chi connectivity index (χ2v) is 11.8. The van der Waals surface area contributed by atoms with Gasteiger partial charge in [0.15, 0.2) is 0 Å². The highest BCUT2D eigenvalue weighted by Gasteiger charge is 2.25. The topological polar surface area (TPSA) is 88.0 Å². The Hall–Kier alpha value is -4.15. The van der Waals surface area contributed by atoms with E-state index in [0.717, 1.165) is 56.0 Å². The maximum atomic E-state index is 13.6. The lowest BCUT2D eigenvalue weighted by Crippen LogP contribution is -2.34. The molecule has 1 amide bonds. The van der Waals surface area contributed by atoms with E-state index in [4.69, 9.17) is 0 Å². The molecule has 2 aromatic carbocycles. The van der Waals surface area contributed by atoms with Crippen molar-refractivity contribution in [3.8, 4) is 0 Å². The summed E-state index contributed by atoms with van der Waals surface area (Å²) in [6, 6.07) is 12.6. The summed E-state index contributed by atoms with van der Waals surface area (Å²) in [5.74, 6) is 1.12. The minimum absolute atomic E-state index is 0.0372. The third-order valence-corrected chi connectivity index (χ3v) is 8.27. The Kier molecular flexibility index (Phi) is 7.76. The molecule has 1 aliphatic rings. The number of hydrogen-bond acceptors (Lipinski definition) is 7. The molecule has 2 N–H and O–H groups in total. The van der Waals surface area contributed by atoms with E-state index < -0.39 is 0 Å². The van der Waals surface area contributed by atoms with Gasteiger partial charge in [0.1, 0.15) is 22.8 Å². The summed E-state index contributed by atoms with van der Waals surface area (Å²) in [5.41, 5.74) is 3.93. The highest BCUT2D eigenvalue weighted by Crippen LogP contribution is 2.38. The van der Waals surface area contributed by atoms with E-state index in [1.807, 2.05) is 46.1 Å². The van der Waals surface area contributed by atoms with E-state index in [1.165, 1.54) is 17.7 Å². The molecular weight excluding hydrogens is 537 g/mol. The van der Waals surface area contributed by atoms with E-state index in [9.17, 15) is 9.18 Å². The fourth-order valence-corrected chi connectivity index (χ4v) is 6.37. The number of hydrogen-bond donors (Lipinski definition) is 2. The Bertz CT molecular complexity index is 1740. The lowest BCUT2D eigenvalue weighted by Gasteiger charge is -2.26. The summed E-state index contributed by atoms with van der Waals surface area (Å²) in [6.07, 6.45) is 7.74. The zero-order chi connectivity index (χ0) is 28.3. The molecule has 8 nitrogen and oxygen atoms in total. The van der Waals surface area contributed by atoms with Gasteiger partial charge in [-0.05, 0) is 60.3 Å². The number of nitrogens with one attached hydrogen (secondary N) is 2. The Morgan fingerprint density at radius 2 is 2.10 bits per heavy atom. The zero-order valence-corrected chi connectivity index (χ0v) is 23.9. The first-order chi connectivity index (χ1) is 19.9. The largest absolute Gasteiger partial charge is 0.340 e. The molecule has 4 heterocycles. The van der Waals surface area contributed by atoms with Crippen LogP contribution in [0.5, 0.6) is 0 Å². The van der Waals surface area contributed by atoms with Crippen molar-refractivity contribution >= 4 is 49.9 Å². The van der Waals surface area contributed by atoms with Gasteiger partial charge in [-0.15, -0.1) is 11.3 Å². The molecule has 10 heteroatoms. The van der Waals surface area contributed by atoms with Crippen LogP contribution in [0.15, 0.2) is 67.1 Å². The Labute approximate surface area is 241 Å². The molecular formula is C31H32FN7OS. The molecule has 0 radical (unpaired) electrons. The standard InChI is InChI=1S/C31H32FN7OS/c1-20(2)15-33-11-4-7-28(40)38-12-10-25-27(18-38)41-31-29(25)30(34-19-35-31)37-24-8-9-26-22(14-24)16-36-39(26)17-21-5-3-6-23(32)13-21/h3-9,13-14,16,19-20,33H,10-12,15,17-18H2,1-2H3,(H,34,35,37)/b7-4+. The zero-order valence-electron chi connectivity index (χ0n) is 23.1. The van der Waals surface area contributed by atoms with Gasteiger partial charge >= 0.3 is 0 Å². The quantitative estimate of drug-likeness (QED) is 0.176.